The molecule has 0 atom stereocenters. The van der Waals surface area contributed by atoms with Gasteiger partial charge < -0.3 is 21.1 Å². The van der Waals surface area contributed by atoms with Gasteiger partial charge in [0.25, 0.3) is 0 Å². The van der Waals surface area contributed by atoms with Crippen molar-refractivity contribution in [3.05, 3.63) is 29.8 Å². The molecule has 1 fully saturated rings. The minimum Gasteiger partial charge on any atom is -0.468 e. The molecule has 0 spiro atoms. The van der Waals surface area contributed by atoms with Crippen LogP contribution in [0.3, 0.4) is 0 Å². The molecule has 0 unspecified atom stereocenters. The van der Waals surface area contributed by atoms with Crippen molar-refractivity contribution < 1.29 is 19.1 Å². The summed E-state index contributed by atoms with van der Waals surface area (Å²) in [5, 5.41) is 5.33. The van der Waals surface area contributed by atoms with Gasteiger partial charge in [-0.1, -0.05) is 31.4 Å². The summed E-state index contributed by atoms with van der Waals surface area (Å²) >= 11 is 0. The highest BCUT2D eigenvalue weighted by molar-refractivity contribution is 5.98. The van der Waals surface area contributed by atoms with E-state index in [9.17, 15) is 14.4 Å². The monoisotopic (exact) mass is 383 g/mol. The van der Waals surface area contributed by atoms with Crippen LogP contribution in [0, 0.1) is 0 Å². The Labute approximate surface area is 159 Å². The van der Waals surface area contributed by atoms with Crippen LogP contribution in [-0.2, 0) is 25.5 Å². The van der Waals surface area contributed by atoms with Crippen LogP contribution in [0.25, 0.3) is 0 Å². The van der Waals surface area contributed by atoms with Gasteiger partial charge in [-0.15, -0.1) is 12.4 Å². The van der Waals surface area contributed by atoms with Crippen molar-refractivity contribution in [3.8, 4) is 0 Å². The third kappa shape index (κ3) is 6.31. The first-order valence-corrected chi connectivity index (χ1v) is 8.46. The molecule has 144 valence electrons. The molecule has 1 saturated carbocycles. The van der Waals surface area contributed by atoms with E-state index in [1.54, 1.807) is 24.3 Å². The number of anilines is 1. The van der Waals surface area contributed by atoms with Crippen LogP contribution in [0.5, 0.6) is 0 Å². The van der Waals surface area contributed by atoms with Crippen LogP contribution < -0.4 is 16.4 Å². The van der Waals surface area contributed by atoms with Gasteiger partial charge >= 0.3 is 5.97 Å². The maximum absolute atomic E-state index is 12.4. The molecule has 2 amide bonds. The lowest BCUT2D eigenvalue weighted by Gasteiger charge is -2.31. The summed E-state index contributed by atoms with van der Waals surface area (Å²) in [6, 6.07) is 7.01. The fourth-order valence-electron chi connectivity index (χ4n) is 2.86. The van der Waals surface area contributed by atoms with E-state index in [0.717, 1.165) is 24.8 Å². The van der Waals surface area contributed by atoms with Gasteiger partial charge in [0, 0.05) is 5.69 Å². The SMILES string of the molecule is COC(=O)CNC(=O)Cc1ccc(NC(=O)C2(N)CCCCC2)cc1.Cl. The lowest BCUT2D eigenvalue weighted by atomic mass is 9.82. The first-order valence-electron chi connectivity index (χ1n) is 8.46. The van der Waals surface area contributed by atoms with Crippen LogP contribution in [0.1, 0.15) is 37.7 Å². The van der Waals surface area contributed by atoms with Crippen LogP contribution in [0.15, 0.2) is 24.3 Å². The normalized spacial score (nSPS) is 15.3. The Hall–Kier alpha value is -2.12. The average molecular weight is 384 g/mol. The average Bonchev–Trinajstić information content (AvgIpc) is 2.62. The van der Waals surface area contributed by atoms with Crippen LogP contribution in [0.2, 0.25) is 0 Å². The molecule has 1 aliphatic rings. The van der Waals surface area contributed by atoms with E-state index in [1.807, 2.05) is 0 Å². The predicted octanol–water partition coefficient (Wildman–Crippen LogP) is 1.54. The van der Waals surface area contributed by atoms with Gasteiger partial charge in [0.2, 0.25) is 11.8 Å². The highest BCUT2D eigenvalue weighted by Crippen LogP contribution is 2.27. The Kier molecular flexibility index (Phi) is 8.54. The summed E-state index contributed by atoms with van der Waals surface area (Å²) in [6.45, 7) is -0.151. The van der Waals surface area contributed by atoms with Crippen molar-refractivity contribution in [2.45, 2.75) is 44.1 Å². The summed E-state index contributed by atoms with van der Waals surface area (Å²) in [7, 11) is 1.26. The molecule has 0 aliphatic heterocycles. The maximum atomic E-state index is 12.4. The van der Waals surface area contributed by atoms with Gasteiger partial charge in [-0.25, -0.2) is 0 Å². The van der Waals surface area contributed by atoms with Crippen molar-refractivity contribution >= 4 is 35.9 Å². The summed E-state index contributed by atoms with van der Waals surface area (Å²) in [5.74, 6) is -0.925. The Morgan fingerprint density at radius 3 is 2.31 bits per heavy atom. The first-order chi connectivity index (χ1) is 11.9. The van der Waals surface area contributed by atoms with E-state index in [4.69, 9.17) is 5.73 Å². The molecule has 0 bridgehead atoms. The number of amides is 2. The predicted molar refractivity (Wildman–Crippen MR) is 101 cm³/mol. The lowest BCUT2D eigenvalue weighted by molar-refractivity contribution is -0.141. The minimum absolute atomic E-state index is 0. The van der Waals surface area contributed by atoms with Crippen LogP contribution >= 0.6 is 12.4 Å². The second-order valence-electron chi connectivity index (χ2n) is 6.40. The van der Waals surface area contributed by atoms with Crippen molar-refractivity contribution in [2.75, 3.05) is 19.0 Å². The number of rotatable bonds is 6. The number of nitrogens with two attached hydrogens (primary N) is 1. The van der Waals surface area contributed by atoms with E-state index >= 15 is 0 Å². The fraction of sp³-hybridized carbons (Fsp3) is 0.500. The van der Waals surface area contributed by atoms with Gasteiger partial charge in [0.1, 0.15) is 6.54 Å². The molecule has 0 aromatic heterocycles. The molecule has 7 nitrogen and oxygen atoms in total. The Bertz CT molecular complexity index is 628. The van der Waals surface area contributed by atoms with Gasteiger partial charge in [0.05, 0.1) is 19.1 Å². The number of hydrogen-bond donors (Lipinski definition) is 3. The highest BCUT2D eigenvalue weighted by Gasteiger charge is 2.35. The molecule has 0 heterocycles. The van der Waals surface area contributed by atoms with E-state index in [0.29, 0.717) is 18.5 Å². The Morgan fingerprint density at radius 1 is 1.12 bits per heavy atom. The zero-order valence-corrected chi connectivity index (χ0v) is 15.7. The lowest BCUT2D eigenvalue weighted by Crippen LogP contribution is -2.52. The zero-order valence-electron chi connectivity index (χ0n) is 14.9. The molecule has 0 saturated heterocycles. The van der Waals surface area contributed by atoms with E-state index in [2.05, 4.69) is 15.4 Å². The third-order valence-corrected chi connectivity index (χ3v) is 4.43. The number of benzene rings is 1. The second kappa shape index (κ2) is 10.1. The molecule has 1 aromatic carbocycles. The number of halogens is 1. The van der Waals surface area contributed by atoms with Crippen LogP contribution in [0.4, 0.5) is 5.69 Å². The van der Waals surface area contributed by atoms with Gasteiger partial charge in [-0.2, -0.15) is 0 Å². The number of carbonyl (C=O) groups is 3. The van der Waals surface area contributed by atoms with Crippen molar-refractivity contribution in [1.29, 1.82) is 0 Å². The van der Waals surface area contributed by atoms with Crippen molar-refractivity contribution in [2.24, 2.45) is 5.73 Å². The van der Waals surface area contributed by atoms with Gasteiger partial charge in [0.15, 0.2) is 0 Å². The van der Waals surface area contributed by atoms with Crippen molar-refractivity contribution in [1.82, 2.24) is 5.32 Å². The summed E-state index contributed by atoms with van der Waals surface area (Å²) in [6.07, 6.45) is 4.63. The number of esters is 1. The zero-order chi connectivity index (χ0) is 18.3. The van der Waals surface area contributed by atoms with E-state index in [-0.39, 0.29) is 37.2 Å². The molecule has 8 heteroatoms. The first kappa shape index (κ1) is 21.9. The second-order valence-corrected chi connectivity index (χ2v) is 6.40. The number of hydrogen-bond acceptors (Lipinski definition) is 5. The molecular formula is C18H26ClN3O4. The topological polar surface area (TPSA) is 111 Å². The number of ether oxygens (including phenoxy) is 1. The Morgan fingerprint density at radius 2 is 1.73 bits per heavy atom. The number of carbonyl (C=O) groups excluding carboxylic acids is 3. The van der Waals surface area contributed by atoms with Crippen LogP contribution in [-0.4, -0.2) is 37.0 Å². The molecule has 2 rings (SSSR count). The summed E-state index contributed by atoms with van der Waals surface area (Å²) in [5.41, 5.74) is 6.86. The highest BCUT2D eigenvalue weighted by atomic mass is 35.5. The molecule has 1 aliphatic carbocycles. The minimum atomic E-state index is -0.787. The van der Waals surface area contributed by atoms with Gasteiger partial charge in [-0.05, 0) is 30.5 Å². The Balaban J connectivity index is 0.00000338. The maximum Gasteiger partial charge on any atom is 0.325 e. The molecule has 26 heavy (non-hydrogen) atoms. The van der Waals surface area contributed by atoms with Gasteiger partial charge in [-0.3, -0.25) is 14.4 Å². The molecule has 0 radical (unpaired) electrons. The largest absolute Gasteiger partial charge is 0.468 e. The fourth-order valence-corrected chi connectivity index (χ4v) is 2.86. The number of nitrogens with one attached hydrogen (secondary N) is 2. The molecule has 1 aromatic rings. The summed E-state index contributed by atoms with van der Waals surface area (Å²) < 4.78 is 4.46. The van der Waals surface area contributed by atoms with E-state index in [1.165, 1.54) is 7.11 Å². The third-order valence-electron chi connectivity index (χ3n) is 4.43. The molecular weight excluding hydrogens is 358 g/mol. The summed E-state index contributed by atoms with van der Waals surface area (Å²) in [4.78, 5) is 35.1. The van der Waals surface area contributed by atoms with E-state index < -0.39 is 11.5 Å². The smallest absolute Gasteiger partial charge is 0.325 e. The number of methoxy groups -OCH3 is 1. The van der Waals surface area contributed by atoms with Crippen molar-refractivity contribution in [3.63, 3.8) is 0 Å². The standard InChI is InChI=1S/C18H25N3O4.ClH/c1-25-16(23)12-20-15(22)11-13-5-7-14(8-6-13)21-17(24)18(19)9-3-2-4-10-18;/h5-8H,2-4,9-12,19H2,1H3,(H,20,22)(H,21,24);1H. The molecule has 4 N–H and O–H groups in total. The quantitative estimate of drug-likeness (QED) is 0.645.